The van der Waals surface area contributed by atoms with Crippen LogP contribution in [0.1, 0.15) is 31.1 Å². The molecule has 0 aromatic carbocycles. The number of nitrogens with zero attached hydrogens (tertiary/aromatic N) is 1. The molecule has 0 bridgehead atoms. The Bertz CT molecular complexity index is 396. The summed E-state index contributed by atoms with van der Waals surface area (Å²) in [6, 6.07) is 0. The molecule has 0 radical (unpaired) electrons. The summed E-state index contributed by atoms with van der Waals surface area (Å²) in [4.78, 5) is 17.5. The molecule has 2 rings (SSSR count). The number of hydrogen-bond acceptors (Lipinski definition) is 4. The zero-order chi connectivity index (χ0) is 12.3. The summed E-state index contributed by atoms with van der Waals surface area (Å²) in [6.07, 6.45) is 5.93. The Morgan fingerprint density at radius 2 is 2.39 bits per heavy atom. The van der Waals surface area contributed by atoms with Crippen molar-refractivity contribution >= 4 is 34.8 Å². The number of carbonyl (C=O) groups is 1. The van der Waals surface area contributed by atoms with Gasteiger partial charge in [0.2, 0.25) is 5.91 Å². The van der Waals surface area contributed by atoms with Gasteiger partial charge in [-0.3, -0.25) is 4.79 Å². The number of anilines is 1. The molecule has 1 saturated carbocycles. The maximum atomic E-state index is 12.1. The zero-order valence-corrected chi connectivity index (χ0v) is 12.1. The Morgan fingerprint density at radius 1 is 1.61 bits per heavy atom. The highest BCUT2D eigenvalue weighted by Crippen LogP contribution is 2.32. The van der Waals surface area contributed by atoms with Crippen molar-refractivity contribution in [3.63, 3.8) is 0 Å². The van der Waals surface area contributed by atoms with Crippen LogP contribution in [0, 0.1) is 11.8 Å². The first kappa shape index (κ1) is 15.4. The second-order valence-electron chi connectivity index (χ2n) is 4.51. The van der Waals surface area contributed by atoms with E-state index in [9.17, 15) is 4.79 Å². The number of carbonyl (C=O) groups excluding carboxylic acids is 1. The molecular formula is C12H20ClN3OS. The van der Waals surface area contributed by atoms with Crippen LogP contribution in [0.2, 0.25) is 0 Å². The number of nitrogens with one attached hydrogen (secondary N) is 1. The van der Waals surface area contributed by atoms with E-state index in [2.05, 4.69) is 17.2 Å². The normalized spacial score (nSPS) is 22.6. The Kier molecular flexibility index (Phi) is 6.05. The first-order valence-electron chi connectivity index (χ1n) is 6.20. The average Bonchev–Trinajstić information content (AvgIpc) is 2.96. The highest BCUT2D eigenvalue weighted by Gasteiger charge is 2.32. The van der Waals surface area contributed by atoms with Crippen molar-refractivity contribution in [2.75, 3.05) is 11.9 Å². The van der Waals surface area contributed by atoms with Crippen molar-refractivity contribution in [1.82, 2.24) is 4.98 Å². The lowest BCUT2D eigenvalue weighted by Gasteiger charge is -2.16. The number of hydrogen-bond donors (Lipinski definition) is 2. The van der Waals surface area contributed by atoms with Gasteiger partial charge in [-0.1, -0.05) is 13.3 Å². The molecule has 1 fully saturated rings. The predicted octanol–water partition coefficient (Wildman–Crippen LogP) is 2.44. The maximum Gasteiger partial charge on any atom is 0.229 e. The van der Waals surface area contributed by atoms with Crippen LogP contribution >= 0.6 is 23.7 Å². The van der Waals surface area contributed by atoms with Crippen LogP contribution in [0.3, 0.4) is 0 Å². The van der Waals surface area contributed by atoms with Gasteiger partial charge in [0.15, 0.2) is 5.13 Å². The number of amides is 1. The third-order valence-corrected chi connectivity index (χ3v) is 4.49. The molecule has 102 valence electrons. The summed E-state index contributed by atoms with van der Waals surface area (Å²) in [7, 11) is 0. The number of thiazole rings is 1. The summed E-state index contributed by atoms with van der Waals surface area (Å²) in [5.74, 6) is 0.518. The second-order valence-corrected chi connectivity index (χ2v) is 5.62. The van der Waals surface area contributed by atoms with Gasteiger partial charge in [0.05, 0.1) is 0 Å². The molecule has 0 unspecified atom stereocenters. The molecule has 1 amide bonds. The predicted molar refractivity (Wildman–Crippen MR) is 77.3 cm³/mol. The van der Waals surface area contributed by atoms with E-state index in [1.165, 1.54) is 4.88 Å². The van der Waals surface area contributed by atoms with E-state index < -0.39 is 0 Å². The molecule has 1 aromatic heterocycles. The summed E-state index contributed by atoms with van der Waals surface area (Å²) >= 11 is 1.55. The van der Waals surface area contributed by atoms with E-state index in [4.69, 9.17) is 5.73 Å². The van der Waals surface area contributed by atoms with Crippen molar-refractivity contribution in [3.8, 4) is 0 Å². The average molecular weight is 290 g/mol. The molecule has 18 heavy (non-hydrogen) atoms. The largest absolute Gasteiger partial charge is 0.330 e. The first-order chi connectivity index (χ1) is 8.24. The summed E-state index contributed by atoms with van der Waals surface area (Å²) in [5.41, 5.74) is 5.69. The molecule has 6 heteroatoms. The molecule has 4 nitrogen and oxygen atoms in total. The smallest absolute Gasteiger partial charge is 0.229 e. The highest BCUT2D eigenvalue weighted by atomic mass is 35.5. The third kappa shape index (κ3) is 3.43. The number of halogens is 1. The molecular weight excluding hydrogens is 270 g/mol. The molecule has 1 aromatic rings. The fraction of sp³-hybridized carbons (Fsp3) is 0.667. The van der Waals surface area contributed by atoms with Crippen molar-refractivity contribution in [1.29, 1.82) is 0 Å². The number of aryl methyl sites for hydroxylation is 1. The Balaban J connectivity index is 0.00000162. The first-order valence-corrected chi connectivity index (χ1v) is 7.02. The van der Waals surface area contributed by atoms with Crippen LogP contribution in [0.5, 0.6) is 0 Å². The Morgan fingerprint density at radius 3 is 3.00 bits per heavy atom. The van der Waals surface area contributed by atoms with Gasteiger partial charge >= 0.3 is 0 Å². The van der Waals surface area contributed by atoms with Gasteiger partial charge < -0.3 is 11.1 Å². The van der Waals surface area contributed by atoms with Crippen LogP contribution in [0.25, 0.3) is 0 Å². The minimum atomic E-state index is 0. The van der Waals surface area contributed by atoms with Gasteiger partial charge in [-0.15, -0.1) is 23.7 Å². The van der Waals surface area contributed by atoms with Gasteiger partial charge in [-0.25, -0.2) is 4.98 Å². The van der Waals surface area contributed by atoms with Crippen molar-refractivity contribution < 1.29 is 4.79 Å². The van der Waals surface area contributed by atoms with Gasteiger partial charge in [0, 0.05) is 17.0 Å². The number of rotatable bonds is 4. The van der Waals surface area contributed by atoms with Crippen molar-refractivity contribution in [2.24, 2.45) is 17.6 Å². The van der Waals surface area contributed by atoms with Gasteiger partial charge in [-0.2, -0.15) is 0 Å². The number of aromatic nitrogens is 1. The molecule has 1 heterocycles. The molecule has 3 N–H and O–H groups in total. The van der Waals surface area contributed by atoms with Crippen LogP contribution < -0.4 is 11.1 Å². The fourth-order valence-electron chi connectivity index (χ4n) is 2.39. The van der Waals surface area contributed by atoms with Crippen molar-refractivity contribution in [2.45, 2.75) is 32.6 Å². The molecule has 1 aliphatic carbocycles. The van der Waals surface area contributed by atoms with E-state index in [0.29, 0.717) is 12.5 Å². The lowest BCUT2D eigenvalue weighted by Crippen LogP contribution is -2.29. The van der Waals surface area contributed by atoms with Crippen LogP contribution in [-0.2, 0) is 11.2 Å². The summed E-state index contributed by atoms with van der Waals surface area (Å²) in [6.45, 7) is 2.69. The lowest BCUT2D eigenvalue weighted by molar-refractivity contribution is -0.120. The minimum Gasteiger partial charge on any atom is -0.330 e. The van der Waals surface area contributed by atoms with Crippen LogP contribution in [-0.4, -0.2) is 17.4 Å². The van der Waals surface area contributed by atoms with Crippen molar-refractivity contribution in [3.05, 3.63) is 11.1 Å². The SMILES string of the molecule is CCc1cnc(NC(=O)[C@@H]2CCC[C@@H]2CN)s1.Cl. The van der Waals surface area contributed by atoms with Gasteiger partial charge in [0.25, 0.3) is 0 Å². The van der Waals surface area contributed by atoms with Gasteiger partial charge in [0.1, 0.15) is 0 Å². The van der Waals surface area contributed by atoms with E-state index in [0.717, 1.165) is 30.8 Å². The molecule has 0 spiro atoms. The maximum absolute atomic E-state index is 12.1. The van der Waals surface area contributed by atoms with Crippen LogP contribution in [0.4, 0.5) is 5.13 Å². The minimum absolute atomic E-state index is 0. The number of nitrogens with two attached hydrogens (primary N) is 1. The molecule has 0 saturated heterocycles. The van der Waals surface area contributed by atoms with Gasteiger partial charge in [-0.05, 0) is 31.7 Å². The monoisotopic (exact) mass is 289 g/mol. The third-order valence-electron chi connectivity index (χ3n) is 3.43. The summed E-state index contributed by atoms with van der Waals surface area (Å²) < 4.78 is 0. The summed E-state index contributed by atoms with van der Waals surface area (Å²) in [5, 5.41) is 3.63. The van der Waals surface area contributed by atoms with E-state index >= 15 is 0 Å². The standard InChI is InChI=1S/C12H19N3OS.ClH/c1-2-9-7-14-12(17-9)15-11(16)10-5-3-4-8(10)6-13;/h7-8,10H,2-6,13H2,1H3,(H,14,15,16);1H/t8-,10-;/m1./s1. The van der Waals surface area contributed by atoms with Crippen LogP contribution in [0.15, 0.2) is 6.20 Å². The van der Waals surface area contributed by atoms with E-state index in [-0.39, 0.29) is 24.2 Å². The van der Waals surface area contributed by atoms with E-state index in [1.807, 2.05) is 6.20 Å². The molecule has 2 atom stereocenters. The van der Waals surface area contributed by atoms with E-state index in [1.54, 1.807) is 11.3 Å². The second kappa shape index (κ2) is 7.07. The highest BCUT2D eigenvalue weighted by molar-refractivity contribution is 7.15. The lowest BCUT2D eigenvalue weighted by atomic mass is 9.95. The molecule has 0 aliphatic heterocycles. The topological polar surface area (TPSA) is 68.0 Å². The Labute approximate surface area is 118 Å². The quantitative estimate of drug-likeness (QED) is 0.894. The zero-order valence-electron chi connectivity index (χ0n) is 10.5. The molecule has 1 aliphatic rings. The Hall–Kier alpha value is -0.650. The fourth-order valence-corrected chi connectivity index (χ4v) is 3.15.